The number of carbonyl (C=O) groups excluding carboxylic acids is 3. The van der Waals surface area contributed by atoms with Crippen LogP contribution in [0.15, 0.2) is 29.3 Å². The van der Waals surface area contributed by atoms with Crippen LogP contribution in [0.25, 0.3) is 0 Å². The predicted octanol–water partition coefficient (Wildman–Crippen LogP) is 1.45. The maximum Gasteiger partial charge on any atom is 0.335 e. The first-order valence-electron chi connectivity index (χ1n) is 9.15. The predicted molar refractivity (Wildman–Crippen MR) is 101 cm³/mol. The normalized spacial score (nSPS) is 21.6. The number of benzene rings is 1. The Morgan fingerprint density at radius 2 is 1.85 bits per heavy atom. The monoisotopic (exact) mass is 372 g/mol. The Morgan fingerprint density at radius 3 is 2.52 bits per heavy atom. The van der Waals surface area contributed by atoms with E-state index in [0.29, 0.717) is 18.0 Å². The molecule has 27 heavy (non-hydrogen) atoms. The SMILES string of the molecule is COc1ccc(N2C(=O)NC(=O)[C@@H](C=NCCN3CCCCC3)C2=O)cc1. The first-order valence-corrected chi connectivity index (χ1v) is 9.15. The van der Waals surface area contributed by atoms with Crippen molar-refractivity contribution in [1.29, 1.82) is 0 Å². The van der Waals surface area contributed by atoms with Gasteiger partial charge in [-0.05, 0) is 50.2 Å². The largest absolute Gasteiger partial charge is 0.497 e. The zero-order valence-electron chi connectivity index (χ0n) is 15.4. The molecule has 0 saturated carbocycles. The molecule has 0 aliphatic carbocycles. The van der Waals surface area contributed by atoms with Crippen molar-refractivity contribution in [2.24, 2.45) is 10.9 Å². The second kappa shape index (κ2) is 8.77. The maximum atomic E-state index is 12.7. The van der Waals surface area contributed by atoms with Gasteiger partial charge in [0.25, 0.3) is 5.91 Å². The first kappa shape index (κ1) is 19.0. The molecule has 0 aromatic heterocycles. The van der Waals surface area contributed by atoms with Crippen LogP contribution in [0.5, 0.6) is 5.75 Å². The summed E-state index contributed by atoms with van der Waals surface area (Å²) in [5, 5.41) is 2.22. The summed E-state index contributed by atoms with van der Waals surface area (Å²) in [4.78, 5) is 44.5. The van der Waals surface area contributed by atoms with E-state index >= 15 is 0 Å². The molecular weight excluding hydrogens is 348 g/mol. The Hall–Kier alpha value is -2.74. The van der Waals surface area contributed by atoms with Crippen LogP contribution < -0.4 is 15.0 Å². The van der Waals surface area contributed by atoms with Crippen LogP contribution in [0.3, 0.4) is 0 Å². The molecule has 0 unspecified atom stereocenters. The van der Waals surface area contributed by atoms with Crippen LogP contribution in [-0.2, 0) is 9.59 Å². The highest BCUT2D eigenvalue weighted by Gasteiger charge is 2.40. The molecular formula is C19H24N4O4. The molecule has 2 saturated heterocycles. The molecule has 3 rings (SSSR count). The number of hydrogen-bond donors (Lipinski definition) is 1. The molecule has 8 nitrogen and oxygen atoms in total. The Morgan fingerprint density at radius 1 is 1.15 bits per heavy atom. The number of carbonyl (C=O) groups is 3. The number of nitrogens with zero attached hydrogens (tertiary/aromatic N) is 3. The number of likely N-dealkylation sites (tertiary alicyclic amines) is 1. The molecule has 2 fully saturated rings. The average Bonchev–Trinajstić information content (AvgIpc) is 2.68. The molecule has 2 aliphatic heterocycles. The molecule has 144 valence electrons. The van der Waals surface area contributed by atoms with Gasteiger partial charge in [0.1, 0.15) is 5.75 Å². The summed E-state index contributed by atoms with van der Waals surface area (Å²) in [5.74, 6) is -1.74. The third-order valence-electron chi connectivity index (χ3n) is 4.78. The fraction of sp³-hybridized carbons (Fsp3) is 0.474. The Kier molecular flexibility index (Phi) is 6.18. The smallest absolute Gasteiger partial charge is 0.335 e. The van der Waals surface area contributed by atoms with Crippen molar-refractivity contribution in [3.63, 3.8) is 0 Å². The maximum absolute atomic E-state index is 12.7. The van der Waals surface area contributed by atoms with Crippen molar-refractivity contribution >= 4 is 29.7 Å². The number of urea groups is 1. The number of anilines is 1. The molecule has 1 aromatic carbocycles. The van der Waals surface area contributed by atoms with Gasteiger partial charge >= 0.3 is 6.03 Å². The third-order valence-corrected chi connectivity index (χ3v) is 4.78. The van der Waals surface area contributed by atoms with Crippen molar-refractivity contribution in [3.8, 4) is 5.75 Å². The van der Waals surface area contributed by atoms with Gasteiger partial charge in [-0.15, -0.1) is 0 Å². The third kappa shape index (κ3) is 4.51. The molecule has 1 aromatic rings. The molecule has 8 heteroatoms. The van der Waals surface area contributed by atoms with E-state index in [2.05, 4.69) is 15.2 Å². The number of rotatable bonds is 6. The van der Waals surface area contributed by atoms with Crippen molar-refractivity contribution in [2.75, 3.05) is 38.2 Å². The first-order chi connectivity index (χ1) is 13.1. The molecule has 0 radical (unpaired) electrons. The Bertz CT molecular complexity index is 726. The molecule has 1 N–H and O–H groups in total. The lowest BCUT2D eigenvalue weighted by atomic mass is 10.1. The average molecular weight is 372 g/mol. The quantitative estimate of drug-likeness (QED) is 0.603. The minimum absolute atomic E-state index is 0.373. The lowest BCUT2D eigenvalue weighted by molar-refractivity contribution is -0.131. The van der Waals surface area contributed by atoms with E-state index in [1.54, 1.807) is 24.3 Å². The van der Waals surface area contributed by atoms with Gasteiger partial charge in [-0.25, -0.2) is 9.69 Å². The molecule has 2 aliphatic rings. The van der Waals surface area contributed by atoms with Gasteiger partial charge in [-0.2, -0.15) is 0 Å². The van der Waals surface area contributed by atoms with E-state index in [9.17, 15) is 14.4 Å². The van der Waals surface area contributed by atoms with Gasteiger partial charge < -0.3 is 9.64 Å². The topological polar surface area (TPSA) is 91.3 Å². The van der Waals surface area contributed by atoms with Crippen molar-refractivity contribution in [3.05, 3.63) is 24.3 Å². The van der Waals surface area contributed by atoms with Crippen molar-refractivity contribution in [1.82, 2.24) is 10.2 Å². The number of barbiturate groups is 1. The van der Waals surface area contributed by atoms with Gasteiger partial charge in [0, 0.05) is 12.8 Å². The number of methoxy groups -OCH3 is 1. The molecule has 2 heterocycles. The van der Waals surface area contributed by atoms with E-state index in [0.717, 1.165) is 24.5 Å². The molecule has 1 atom stereocenters. The second-order valence-electron chi connectivity index (χ2n) is 6.60. The highest BCUT2D eigenvalue weighted by atomic mass is 16.5. The number of nitrogens with one attached hydrogen (secondary N) is 1. The fourth-order valence-corrected chi connectivity index (χ4v) is 3.26. The van der Waals surface area contributed by atoms with E-state index in [1.165, 1.54) is 32.6 Å². The minimum Gasteiger partial charge on any atom is -0.497 e. The minimum atomic E-state index is -1.11. The summed E-state index contributed by atoms with van der Waals surface area (Å²) in [6, 6.07) is 5.73. The number of hydrogen-bond acceptors (Lipinski definition) is 6. The highest BCUT2D eigenvalue weighted by Crippen LogP contribution is 2.23. The van der Waals surface area contributed by atoms with E-state index in [-0.39, 0.29) is 0 Å². The number of ether oxygens (including phenoxy) is 1. The Labute approximate surface area is 158 Å². The van der Waals surface area contributed by atoms with Gasteiger partial charge in [0.15, 0.2) is 5.92 Å². The van der Waals surface area contributed by atoms with Crippen LogP contribution >= 0.6 is 0 Å². The summed E-state index contributed by atoms with van der Waals surface area (Å²) in [6.07, 6.45) is 5.02. The van der Waals surface area contributed by atoms with E-state index < -0.39 is 23.8 Å². The van der Waals surface area contributed by atoms with Crippen LogP contribution in [-0.4, -0.2) is 62.2 Å². The van der Waals surface area contributed by atoms with Crippen LogP contribution in [0.4, 0.5) is 10.5 Å². The lowest BCUT2D eigenvalue weighted by Gasteiger charge is -2.28. The van der Waals surface area contributed by atoms with Crippen molar-refractivity contribution in [2.45, 2.75) is 19.3 Å². The summed E-state index contributed by atoms with van der Waals surface area (Å²) >= 11 is 0. The molecule has 4 amide bonds. The van der Waals surface area contributed by atoms with Crippen molar-refractivity contribution < 1.29 is 19.1 Å². The number of imide groups is 2. The van der Waals surface area contributed by atoms with E-state index in [4.69, 9.17) is 4.74 Å². The van der Waals surface area contributed by atoms with Gasteiger partial charge in [0.05, 0.1) is 19.3 Å². The fourth-order valence-electron chi connectivity index (χ4n) is 3.26. The van der Waals surface area contributed by atoms with Crippen LogP contribution in [0, 0.1) is 5.92 Å². The lowest BCUT2D eigenvalue weighted by Crippen LogP contribution is -2.58. The summed E-state index contributed by atoms with van der Waals surface area (Å²) in [7, 11) is 1.53. The second-order valence-corrected chi connectivity index (χ2v) is 6.60. The van der Waals surface area contributed by atoms with Gasteiger partial charge in [0.2, 0.25) is 5.91 Å². The van der Waals surface area contributed by atoms with Gasteiger partial charge in [-0.1, -0.05) is 6.42 Å². The summed E-state index contributed by atoms with van der Waals surface area (Å²) in [5.41, 5.74) is 0.373. The van der Waals surface area contributed by atoms with Crippen LogP contribution in [0.1, 0.15) is 19.3 Å². The van der Waals surface area contributed by atoms with E-state index in [1.807, 2.05) is 0 Å². The molecule has 0 bridgehead atoms. The number of amides is 4. The molecule has 0 spiro atoms. The summed E-state index contributed by atoms with van der Waals surface area (Å²) in [6.45, 7) is 3.46. The summed E-state index contributed by atoms with van der Waals surface area (Å²) < 4.78 is 5.08. The van der Waals surface area contributed by atoms with Gasteiger partial charge in [-0.3, -0.25) is 19.9 Å². The highest BCUT2D eigenvalue weighted by molar-refractivity contribution is 6.32. The van der Waals surface area contributed by atoms with Crippen LogP contribution in [0.2, 0.25) is 0 Å². The standard InChI is InChI=1S/C19H24N4O4/c1-27-15-7-5-14(6-8-15)23-18(25)16(17(24)21-19(23)26)13-20-9-12-22-10-3-2-4-11-22/h5-8,13,16H,2-4,9-12H2,1H3,(H,21,24,26)/t16-/m1/s1. The number of piperidine rings is 1. The zero-order chi connectivity index (χ0) is 19.2. The Balaban J connectivity index is 1.65. The zero-order valence-corrected chi connectivity index (χ0v) is 15.4. The number of aliphatic imine (C=N–C) groups is 1.